The average Bonchev–Trinajstić information content (AvgIpc) is 3.52. The SMILES string of the molecule is C[C@H]1CN([C@@H](C)CO)C(=O)c2cc(C#CC3CC3)cnc2O[C@@H]1CN(C)S(C)(=O)=O. The summed E-state index contributed by atoms with van der Waals surface area (Å²) >= 11 is 0. The van der Waals surface area contributed by atoms with Gasteiger partial charge in [0, 0.05) is 37.2 Å². The third kappa shape index (κ3) is 5.31. The number of aromatic nitrogens is 1. The Kier molecular flexibility index (Phi) is 6.70. The molecular weight excluding hydrogens is 406 g/mol. The molecule has 1 aliphatic carbocycles. The molecule has 3 rings (SSSR count). The molecular formula is C21H29N3O5S. The highest BCUT2D eigenvalue weighted by Crippen LogP contribution is 2.29. The van der Waals surface area contributed by atoms with Crippen molar-refractivity contribution in [1.82, 2.24) is 14.2 Å². The number of pyridine rings is 1. The molecule has 30 heavy (non-hydrogen) atoms. The summed E-state index contributed by atoms with van der Waals surface area (Å²) in [5.74, 6) is 6.34. The van der Waals surface area contributed by atoms with Gasteiger partial charge >= 0.3 is 0 Å². The van der Waals surface area contributed by atoms with Crippen molar-refractivity contribution in [3.8, 4) is 17.7 Å². The summed E-state index contributed by atoms with van der Waals surface area (Å²) in [7, 11) is -1.90. The molecule has 1 saturated carbocycles. The van der Waals surface area contributed by atoms with E-state index in [-0.39, 0.29) is 36.4 Å². The Balaban J connectivity index is 1.99. The van der Waals surface area contributed by atoms with Crippen molar-refractivity contribution < 1.29 is 23.1 Å². The smallest absolute Gasteiger partial charge is 0.259 e. The van der Waals surface area contributed by atoms with Gasteiger partial charge in [0.25, 0.3) is 5.91 Å². The fourth-order valence-electron chi connectivity index (χ4n) is 3.19. The van der Waals surface area contributed by atoms with E-state index in [1.807, 2.05) is 6.92 Å². The van der Waals surface area contributed by atoms with Crippen molar-refractivity contribution >= 4 is 15.9 Å². The van der Waals surface area contributed by atoms with E-state index in [0.29, 0.717) is 18.0 Å². The van der Waals surface area contributed by atoms with Gasteiger partial charge in [0.1, 0.15) is 11.7 Å². The van der Waals surface area contributed by atoms with Crippen LogP contribution < -0.4 is 4.74 Å². The summed E-state index contributed by atoms with van der Waals surface area (Å²) in [5, 5.41) is 9.68. The molecule has 0 radical (unpaired) electrons. The second kappa shape index (κ2) is 8.92. The van der Waals surface area contributed by atoms with Crippen LogP contribution in [0.3, 0.4) is 0 Å². The Morgan fingerprint density at radius 2 is 2.13 bits per heavy atom. The van der Waals surface area contributed by atoms with Crippen LogP contribution in [-0.4, -0.2) is 78.8 Å². The van der Waals surface area contributed by atoms with Crippen LogP contribution in [0.1, 0.15) is 42.6 Å². The highest BCUT2D eigenvalue weighted by Gasteiger charge is 2.35. The Morgan fingerprint density at radius 3 is 2.73 bits per heavy atom. The molecule has 2 aliphatic rings. The Bertz CT molecular complexity index is 965. The van der Waals surface area contributed by atoms with Crippen molar-refractivity contribution in [2.45, 2.75) is 38.8 Å². The first-order chi connectivity index (χ1) is 14.1. The average molecular weight is 436 g/mol. The number of hydrogen-bond donors (Lipinski definition) is 1. The van der Waals surface area contributed by atoms with Crippen LogP contribution in [0.5, 0.6) is 5.88 Å². The summed E-state index contributed by atoms with van der Waals surface area (Å²) in [6, 6.07) is 1.27. The number of likely N-dealkylation sites (N-methyl/N-ethyl adjacent to an activating group) is 1. The van der Waals surface area contributed by atoms with E-state index in [9.17, 15) is 18.3 Å². The van der Waals surface area contributed by atoms with Crippen LogP contribution in [0.15, 0.2) is 12.3 Å². The maximum Gasteiger partial charge on any atom is 0.259 e. The van der Waals surface area contributed by atoms with Crippen LogP contribution in [0, 0.1) is 23.7 Å². The number of fused-ring (bicyclic) bond motifs is 1. The molecule has 1 fully saturated rings. The molecule has 0 unspecified atom stereocenters. The van der Waals surface area contributed by atoms with Gasteiger partial charge < -0.3 is 14.7 Å². The van der Waals surface area contributed by atoms with Crippen molar-refractivity contribution in [1.29, 1.82) is 0 Å². The van der Waals surface area contributed by atoms with Crippen molar-refractivity contribution in [2.75, 3.05) is 33.0 Å². The molecule has 9 heteroatoms. The second-order valence-electron chi connectivity index (χ2n) is 8.29. The number of sulfonamides is 1. The zero-order valence-electron chi connectivity index (χ0n) is 17.8. The number of hydrogen-bond acceptors (Lipinski definition) is 6. The predicted octanol–water partition coefficient (Wildman–Crippen LogP) is 0.955. The van der Waals surface area contributed by atoms with Gasteiger partial charge in [-0.3, -0.25) is 4.79 Å². The number of aliphatic hydroxyl groups is 1. The Hall–Kier alpha value is -2.15. The van der Waals surface area contributed by atoms with E-state index in [1.165, 1.54) is 11.4 Å². The van der Waals surface area contributed by atoms with Gasteiger partial charge in [0.2, 0.25) is 15.9 Å². The first-order valence-corrected chi connectivity index (χ1v) is 12.0. The van der Waals surface area contributed by atoms with Crippen molar-refractivity contribution in [2.24, 2.45) is 11.8 Å². The minimum Gasteiger partial charge on any atom is -0.472 e. The maximum absolute atomic E-state index is 13.3. The molecule has 2 heterocycles. The summed E-state index contributed by atoms with van der Waals surface area (Å²) in [5.41, 5.74) is 0.907. The molecule has 1 N–H and O–H groups in total. The Morgan fingerprint density at radius 1 is 1.43 bits per heavy atom. The van der Waals surface area contributed by atoms with E-state index in [4.69, 9.17) is 4.74 Å². The third-order valence-electron chi connectivity index (χ3n) is 5.52. The summed E-state index contributed by atoms with van der Waals surface area (Å²) in [6.45, 7) is 3.93. The predicted molar refractivity (Wildman–Crippen MR) is 112 cm³/mol. The maximum atomic E-state index is 13.3. The molecule has 1 aliphatic heterocycles. The standard InChI is InChI=1S/C21H29N3O5S/c1-14-11-24(15(2)13-25)21(26)18-9-17(8-7-16-5-6-16)10-22-20(18)29-19(14)12-23(3)30(4,27)28/h9-10,14-16,19,25H,5-6,11-13H2,1-4H3/t14-,15-,19+/m0/s1. The highest BCUT2D eigenvalue weighted by molar-refractivity contribution is 7.88. The molecule has 0 aromatic carbocycles. The number of aliphatic hydroxyl groups excluding tert-OH is 1. The van der Waals surface area contributed by atoms with Gasteiger partial charge in [-0.1, -0.05) is 18.8 Å². The van der Waals surface area contributed by atoms with Crippen LogP contribution in [0.2, 0.25) is 0 Å². The lowest BCUT2D eigenvalue weighted by Crippen LogP contribution is -2.50. The second-order valence-corrected chi connectivity index (χ2v) is 10.4. The molecule has 1 amide bonds. The topological polar surface area (TPSA) is 100 Å². The third-order valence-corrected chi connectivity index (χ3v) is 6.80. The van der Waals surface area contributed by atoms with Gasteiger partial charge in [-0.25, -0.2) is 17.7 Å². The normalized spacial score (nSPS) is 23.0. The van der Waals surface area contributed by atoms with Crippen LogP contribution >= 0.6 is 0 Å². The summed E-state index contributed by atoms with van der Waals surface area (Å²) < 4.78 is 31.1. The number of rotatable bonds is 5. The molecule has 3 atom stereocenters. The number of ether oxygens (including phenoxy) is 1. The molecule has 8 nitrogen and oxygen atoms in total. The van der Waals surface area contributed by atoms with Crippen molar-refractivity contribution in [3.63, 3.8) is 0 Å². The largest absolute Gasteiger partial charge is 0.472 e. The van der Waals surface area contributed by atoms with Gasteiger partial charge in [-0.15, -0.1) is 0 Å². The Labute approximate surface area is 178 Å². The molecule has 0 spiro atoms. The quantitative estimate of drug-likeness (QED) is 0.692. The number of carbonyl (C=O) groups is 1. The van der Waals surface area contributed by atoms with Crippen LogP contribution in [0.4, 0.5) is 0 Å². The molecule has 0 bridgehead atoms. The van der Waals surface area contributed by atoms with Gasteiger partial charge in [0.05, 0.1) is 25.4 Å². The lowest BCUT2D eigenvalue weighted by molar-refractivity contribution is 0.0373. The van der Waals surface area contributed by atoms with E-state index in [1.54, 1.807) is 24.1 Å². The van der Waals surface area contributed by atoms with E-state index < -0.39 is 22.2 Å². The first-order valence-electron chi connectivity index (χ1n) is 10.1. The fourth-order valence-corrected chi connectivity index (χ4v) is 3.61. The van der Waals surface area contributed by atoms with Crippen LogP contribution in [0.25, 0.3) is 0 Å². The van der Waals surface area contributed by atoms with E-state index >= 15 is 0 Å². The lowest BCUT2D eigenvalue weighted by atomic mass is 10.0. The monoisotopic (exact) mass is 435 g/mol. The summed E-state index contributed by atoms with van der Waals surface area (Å²) in [6.07, 6.45) is 4.40. The minimum atomic E-state index is -3.39. The van der Waals surface area contributed by atoms with Crippen molar-refractivity contribution in [3.05, 3.63) is 23.4 Å². The molecule has 0 saturated heterocycles. The van der Waals surface area contributed by atoms with Crippen LogP contribution in [-0.2, 0) is 10.0 Å². The lowest BCUT2D eigenvalue weighted by Gasteiger charge is -2.37. The van der Waals surface area contributed by atoms with Gasteiger partial charge in [-0.05, 0) is 25.8 Å². The van der Waals surface area contributed by atoms with Gasteiger partial charge in [0.15, 0.2) is 0 Å². The molecule has 1 aromatic rings. The highest BCUT2D eigenvalue weighted by atomic mass is 32.2. The number of nitrogens with zero attached hydrogens (tertiary/aromatic N) is 3. The first kappa shape index (κ1) is 22.5. The fraction of sp³-hybridized carbons (Fsp3) is 0.619. The van der Waals surface area contributed by atoms with E-state index in [0.717, 1.165) is 19.1 Å². The minimum absolute atomic E-state index is 0.125. The van der Waals surface area contributed by atoms with E-state index in [2.05, 4.69) is 16.8 Å². The molecule has 1 aromatic heterocycles. The zero-order valence-corrected chi connectivity index (χ0v) is 18.6. The number of carbonyl (C=O) groups excluding carboxylic acids is 1. The number of amides is 1. The van der Waals surface area contributed by atoms with Gasteiger partial charge in [-0.2, -0.15) is 0 Å². The summed E-state index contributed by atoms with van der Waals surface area (Å²) in [4.78, 5) is 19.2. The zero-order chi connectivity index (χ0) is 22.1. The molecule has 164 valence electrons.